The molecule has 0 bridgehead atoms. The molecule has 7 heteroatoms. The Kier molecular flexibility index (Phi) is 4.80. The molecule has 2 aromatic rings. The minimum atomic E-state index is 0.0513. The Morgan fingerprint density at radius 1 is 1.10 bits per heavy atom. The van der Waals surface area contributed by atoms with Crippen LogP contribution >= 0.6 is 11.6 Å². The third-order valence-electron chi connectivity index (χ3n) is 2.67. The molecule has 0 spiro atoms. The molecule has 112 valence electrons. The number of benzene rings is 1. The number of halogens is 1. The summed E-state index contributed by atoms with van der Waals surface area (Å²) in [4.78, 5) is 12.0. The van der Waals surface area contributed by atoms with Crippen LogP contribution in [0, 0.1) is 13.8 Å². The topological polar surface area (TPSA) is 83.2 Å². The van der Waals surface area contributed by atoms with Gasteiger partial charge < -0.3 is 15.2 Å². The number of hydrogen-bond acceptors (Lipinski definition) is 6. The number of aryl methyl sites for hydroxylation is 2. The SMILES string of the molecule is CCCOc1nc(N)nc(Oc2c(C)cc(Cl)cc2C)n1. The van der Waals surface area contributed by atoms with E-state index >= 15 is 0 Å². The van der Waals surface area contributed by atoms with Crippen LogP contribution in [0.25, 0.3) is 0 Å². The van der Waals surface area contributed by atoms with Crippen LogP contribution in [0.1, 0.15) is 24.5 Å². The van der Waals surface area contributed by atoms with Gasteiger partial charge in [0.25, 0.3) is 0 Å². The van der Waals surface area contributed by atoms with Crippen LogP contribution in [0.4, 0.5) is 5.95 Å². The minimum Gasteiger partial charge on any atom is -0.463 e. The van der Waals surface area contributed by atoms with Crippen molar-refractivity contribution in [1.29, 1.82) is 0 Å². The van der Waals surface area contributed by atoms with E-state index in [1.165, 1.54) is 0 Å². The molecule has 1 heterocycles. The highest BCUT2D eigenvalue weighted by Crippen LogP contribution is 2.30. The van der Waals surface area contributed by atoms with Gasteiger partial charge in [0.15, 0.2) is 0 Å². The summed E-state index contributed by atoms with van der Waals surface area (Å²) >= 11 is 6.00. The maximum Gasteiger partial charge on any atom is 0.330 e. The Hall–Kier alpha value is -2.08. The number of nitrogen functional groups attached to an aromatic ring is 1. The highest BCUT2D eigenvalue weighted by molar-refractivity contribution is 6.30. The van der Waals surface area contributed by atoms with Crippen LogP contribution < -0.4 is 15.2 Å². The first-order chi connectivity index (χ1) is 9.99. The zero-order chi connectivity index (χ0) is 15.4. The third-order valence-corrected chi connectivity index (χ3v) is 2.88. The molecule has 1 aromatic carbocycles. The average Bonchev–Trinajstić information content (AvgIpc) is 2.40. The van der Waals surface area contributed by atoms with E-state index in [1.54, 1.807) is 0 Å². The monoisotopic (exact) mass is 308 g/mol. The molecule has 2 rings (SSSR count). The van der Waals surface area contributed by atoms with Crippen LogP contribution in [0.3, 0.4) is 0 Å². The predicted molar refractivity (Wildman–Crippen MR) is 81.0 cm³/mol. The summed E-state index contributed by atoms with van der Waals surface area (Å²) in [5, 5.41) is 0.652. The quantitative estimate of drug-likeness (QED) is 0.912. The molecule has 0 saturated carbocycles. The second-order valence-corrected chi connectivity index (χ2v) is 5.01. The fourth-order valence-electron chi connectivity index (χ4n) is 1.81. The van der Waals surface area contributed by atoms with E-state index in [4.69, 9.17) is 26.8 Å². The largest absolute Gasteiger partial charge is 0.463 e. The molecule has 1 aromatic heterocycles. The van der Waals surface area contributed by atoms with Gasteiger partial charge in [0.05, 0.1) is 6.61 Å². The van der Waals surface area contributed by atoms with Gasteiger partial charge >= 0.3 is 12.0 Å². The van der Waals surface area contributed by atoms with Crippen molar-refractivity contribution in [1.82, 2.24) is 15.0 Å². The lowest BCUT2D eigenvalue weighted by molar-refractivity contribution is 0.285. The van der Waals surface area contributed by atoms with E-state index in [0.717, 1.165) is 17.5 Å². The number of hydrogen-bond donors (Lipinski definition) is 1. The van der Waals surface area contributed by atoms with E-state index in [9.17, 15) is 0 Å². The van der Waals surface area contributed by atoms with Crippen LogP contribution in [-0.4, -0.2) is 21.6 Å². The van der Waals surface area contributed by atoms with Gasteiger partial charge in [-0.15, -0.1) is 4.98 Å². The fraction of sp³-hybridized carbons (Fsp3) is 0.357. The zero-order valence-electron chi connectivity index (χ0n) is 12.2. The van der Waals surface area contributed by atoms with E-state index in [0.29, 0.717) is 17.4 Å². The lowest BCUT2D eigenvalue weighted by Gasteiger charge is -2.11. The van der Waals surface area contributed by atoms with Gasteiger partial charge in [-0.25, -0.2) is 0 Å². The van der Waals surface area contributed by atoms with Crippen LogP contribution in [0.5, 0.6) is 17.8 Å². The number of rotatable bonds is 5. The second-order valence-electron chi connectivity index (χ2n) is 4.58. The van der Waals surface area contributed by atoms with Crippen LogP contribution in [0.15, 0.2) is 12.1 Å². The third kappa shape index (κ3) is 3.95. The standard InChI is InChI=1S/C14H17ClN4O2/c1-4-5-20-13-17-12(16)18-14(19-13)21-11-8(2)6-10(15)7-9(11)3/h6-7H,4-5H2,1-3H3,(H2,16,17,18,19). The van der Waals surface area contributed by atoms with Crippen molar-refractivity contribution < 1.29 is 9.47 Å². The molecule has 0 aliphatic rings. The Labute approximate surface area is 128 Å². The maximum atomic E-state index is 6.00. The van der Waals surface area contributed by atoms with Crippen molar-refractivity contribution in [2.45, 2.75) is 27.2 Å². The molecule has 0 fully saturated rings. The first kappa shape index (κ1) is 15.3. The zero-order valence-corrected chi connectivity index (χ0v) is 12.9. The van der Waals surface area contributed by atoms with Crippen molar-refractivity contribution in [2.75, 3.05) is 12.3 Å². The van der Waals surface area contributed by atoms with E-state index in [-0.39, 0.29) is 18.0 Å². The van der Waals surface area contributed by atoms with E-state index < -0.39 is 0 Å². The molecule has 0 aliphatic heterocycles. The Morgan fingerprint density at radius 2 is 1.71 bits per heavy atom. The lowest BCUT2D eigenvalue weighted by Crippen LogP contribution is -2.06. The van der Waals surface area contributed by atoms with E-state index in [1.807, 2.05) is 32.9 Å². The van der Waals surface area contributed by atoms with Crippen LogP contribution in [0.2, 0.25) is 5.02 Å². The summed E-state index contributed by atoms with van der Waals surface area (Å²) in [5.41, 5.74) is 7.41. The molecular weight excluding hydrogens is 292 g/mol. The number of nitrogens with zero attached hydrogens (tertiary/aromatic N) is 3. The van der Waals surface area contributed by atoms with Crippen molar-refractivity contribution in [3.05, 3.63) is 28.3 Å². The van der Waals surface area contributed by atoms with Gasteiger partial charge in [-0.1, -0.05) is 18.5 Å². The lowest BCUT2D eigenvalue weighted by atomic mass is 10.1. The molecule has 0 amide bonds. The molecule has 6 nitrogen and oxygen atoms in total. The molecule has 0 aliphatic carbocycles. The van der Waals surface area contributed by atoms with Gasteiger partial charge in [0, 0.05) is 5.02 Å². The van der Waals surface area contributed by atoms with Gasteiger partial charge in [-0.05, 0) is 43.5 Å². The Bertz CT molecular complexity index is 626. The average molecular weight is 309 g/mol. The van der Waals surface area contributed by atoms with Crippen molar-refractivity contribution in [3.63, 3.8) is 0 Å². The Morgan fingerprint density at radius 3 is 2.33 bits per heavy atom. The number of ether oxygens (including phenoxy) is 2. The smallest absolute Gasteiger partial charge is 0.330 e. The number of aromatic nitrogens is 3. The van der Waals surface area contributed by atoms with Crippen molar-refractivity contribution in [3.8, 4) is 17.8 Å². The summed E-state index contributed by atoms with van der Waals surface area (Å²) in [5.74, 6) is 0.696. The molecule has 21 heavy (non-hydrogen) atoms. The second kappa shape index (κ2) is 6.58. The first-order valence-electron chi connectivity index (χ1n) is 6.58. The van der Waals surface area contributed by atoms with Crippen LogP contribution in [-0.2, 0) is 0 Å². The van der Waals surface area contributed by atoms with Gasteiger partial charge in [-0.3, -0.25) is 0 Å². The first-order valence-corrected chi connectivity index (χ1v) is 6.96. The molecule has 0 atom stereocenters. The van der Waals surface area contributed by atoms with Gasteiger partial charge in [0.2, 0.25) is 5.95 Å². The molecule has 0 saturated heterocycles. The molecule has 0 unspecified atom stereocenters. The normalized spacial score (nSPS) is 10.5. The predicted octanol–water partition coefficient (Wildman–Crippen LogP) is 3.31. The van der Waals surface area contributed by atoms with Gasteiger partial charge in [-0.2, -0.15) is 9.97 Å². The van der Waals surface area contributed by atoms with Gasteiger partial charge in [0.1, 0.15) is 5.75 Å². The van der Waals surface area contributed by atoms with E-state index in [2.05, 4.69) is 15.0 Å². The fourth-order valence-corrected chi connectivity index (χ4v) is 2.13. The molecular formula is C14H17ClN4O2. The highest BCUT2D eigenvalue weighted by Gasteiger charge is 2.12. The summed E-state index contributed by atoms with van der Waals surface area (Å²) < 4.78 is 11.1. The molecule has 0 radical (unpaired) electrons. The van der Waals surface area contributed by atoms with Crippen molar-refractivity contribution >= 4 is 17.5 Å². The summed E-state index contributed by atoms with van der Waals surface area (Å²) in [6.45, 7) is 6.28. The highest BCUT2D eigenvalue weighted by atomic mass is 35.5. The number of anilines is 1. The van der Waals surface area contributed by atoms with Crippen molar-refractivity contribution in [2.24, 2.45) is 0 Å². The molecule has 2 N–H and O–H groups in total. The summed E-state index contributed by atoms with van der Waals surface area (Å²) in [7, 11) is 0. The number of nitrogens with two attached hydrogens (primary N) is 1. The summed E-state index contributed by atoms with van der Waals surface area (Å²) in [6, 6.07) is 3.87. The summed E-state index contributed by atoms with van der Waals surface area (Å²) in [6.07, 6.45) is 0.844. The maximum absolute atomic E-state index is 6.00. The Balaban J connectivity index is 2.29. The minimum absolute atomic E-state index is 0.0513.